The normalized spacial score (nSPS) is 11.1. The molecule has 0 aliphatic carbocycles. The third-order valence-electron chi connectivity index (χ3n) is 4.51. The Bertz CT molecular complexity index is 1180. The van der Waals surface area contributed by atoms with Gasteiger partial charge in [-0.3, -0.25) is 4.98 Å². The van der Waals surface area contributed by atoms with Gasteiger partial charge in [0.05, 0.1) is 16.8 Å². The lowest BCUT2D eigenvalue weighted by Crippen LogP contribution is -1.97. The van der Waals surface area contributed by atoms with E-state index in [1.165, 1.54) is 6.20 Å². The molecule has 4 nitrogen and oxygen atoms in total. The van der Waals surface area contributed by atoms with Crippen molar-refractivity contribution in [2.45, 2.75) is 6.42 Å². The minimum Gasteiger partial charge on any atom is -0.478 e. The predicted octanol–water partition coefficient (Wildman–Crippen LogP) is 6.25. The van der Waals surface area contributed by atoms with Crippen molar-refractivity contribution in [3.05, 3.63) is 92.8 Å². The number of halogens is 3. The Morgan fingerprint density at radius 3 is 2.43 bits per heavy atom. The Kier molecular flexibility index (Phi) is 5.02. The second-order valence-electron chi connectivity index (χ2n) is 6.27. The van der Waals surface area contributed by atoms with E-state index in [1.807, 2.05) is 34.9 Å². The molecular formula is C21H13Cl3N2O2. The number of hydrogen-bond donors (Lipinski definition) is 1. The van der Waals surface area contributed by atoms with E-state index in [4.69, 9.17) is 39.9 Å². The van der Waals surface area contributed by atoms with Crippen LogP contribution in [0.2, 0.25) is 15.1 Å². The van der Waals surface area contributed by atoms with Gasteiger partial charge in [0.2, 0.25) is 0 Å². The number of rotatable bonds is 4. The maximum Gasteiger partial charge on any atom is 0.337 e. The van der Waals surface area contributed by atoms with Gasteiger partial charge in [0.1, 0.15) is 0 Å². The molecule has 3 aromatic heterocycles. The molecule has 7 heteroatoms. The summed E-state index contributed by atoms with van der Waals surface area (Å²) in [7, 11) is 0. The van der Waals surface area contributed by atoms with Crippen LogP contribution in [-0.2, 0) is 6.42 Å². The lowest BCUT2D eigenvalue weighted by Gasteiger charge is -2.08. The van der Waals surface area contributed by atoms with Crippen LogP contribution < -0.4 is 0 Å². The largest absolute Gasteiger partial charge is 0.478 e. The van der Waals surface area contributed by atoms with Gasteiger partial charge in [-0.1, -0.05) is 40.9 Å². The number of fused-ring (bicyclic) bond motifs is 1. The van der Waals surface area contributed by atoms with Crippen LogP contribution in [0.1, 0.15) is 21.6 Å². The Morgan fingerprint density at radius 2 is 1.79 bits per heavy atom. The summed E-state index contributed by atoms with van der Waals surface area (Å²) in [5.41, 5.74) is 4.45. The van der Waals surface area contributed by atoms with Crippen LogP contribution in [0, 0.1) is 0 Å². The van der Waals surface area contributed by atoms with Crippen LogP contribution in [0.15, 0.2) is 60.9 Å². The van der Waals surface area contributed by atoms with Crippen molar-refractivity contribution in [2.75, 3.05) is 0 Å². The van der Waals surface area contributed by atoms with Gasteiger partial charge >= 0.3 is 5.97 Å². The van der Waals surface area contributed by atoms with E-state index in [1.54, 1.807) is 24.3 Å². The van der Waals surface area contributed by atoms with E-state index in [0.29, 0.717) is 27.2 Å². The zero-order chi connectivity index (χ0) is 19.8. The molecule has 140 valence electrons. The third kappa shape index (κ3) is 3.47. The second-order valence-corrected chi connectivity index (χ2v) is 7.52. The van der Waals surface area contributed by atoms with Gasteiger partial charge in [-0.05, 0) is 48.0 Å². The van der Waals surface area contributed by atoms with Crippen LogP contribution >= 0.6 is 34.8 Å². The average Bonchev–Trinajstić information content (AvgIpc) is 3.03. The highest BCUT2D eigenvalue weighted by Gasteiger charge is 2.16. The number of benzene rings is 1. The highest BCUT2D eigenvalue weighted by molar-refractivity contribution is 6.39. The number of carboxylic acids is 1. The topological polar surface area (TPSA) is 54.6 Å². The predicted molar refractivity (Wildman–Crippen MR) is 112 cm³/mol. The maximum absolute atomic E-state index is 11.1. The Morgan fingerprint density at radius 1 is 1.04 bits per heavy atom. The molecule has 0 saturated carbocycles. The molecule has 28 heavy (non-hydrogen) atoms. The first-order chi connectivity index (χ1) is 13.4. The first kappa shape index (κ1) is 18.8. The van der Waals surface area contributed by atoms with Crippen molar-refractivity contribution in [3.8, 4) is 11.3 Å². The average molecular weight is 432 g/mol. The highest BCUT2D eigenvalue weighted by atomic mass is 35.5. The van der Waals surface area contributed by atoms with Crippen molar-refractivity contribution in [3.63, 3.8) is 0 Å². The molecule has 4 rings (SSSR count). The van der Waals surface area contributed by atoms with E-state index < -0.39 is 5.97 Å². The van der Waals surface area contributed by atoms with Gasteiger partial charge in [-0.15, -0.1) is 0 Å². The highest BCUT2D eigenvalue weighted by Crippen LogP contribution is 2.33. The maximum atomic E-state index is 11.1. The fourth-order valence-electron chi connectivity index (χ4n) is 3.17. The minimum absolute atomic E-state index is 0.146. The van der Waals surface area contributed by atoms with Gasteiger partial charge < -0.3 is 9.51 Å². The molecule has 0 bridgehead atoms. The summed E-state index contributed by atoms with van der Waals surface area (Å²) >= 11 is 18.7. The molecule has 0 aliphatic heterocycles. The quantitative estimate of drug-likeness (QED) is 0.415. The second kappa shape index (κ2) is 7.47. The lowest BCUT2D eigenvalue weighted by atomic mass is 10.1. The Balaban J connectivity index is 1.82. The lowest BCUT2D eigenvalue weighted by molar-refractivity contribution is 0.0696. The molecule has 0 unspecified atom stereocenters. The van der Waals surface area contributed by atoms with Crippen molar-refractivity contribution >= 4 is 46.3 Å². The van der Waals surface area contributed by atoms with E-state index in [9.17, 15) is 4.79 Å². The van der Waals surface area contributed by atoms with Gasteiger partial charge in [0.25, 0.3) is 0 Å². The summed E-state index contributed by atoms with van der Waals surface area (Å²) in [6.45, 7) is 0. The summed E-state index contributed by atoms with van der Waals surface area (Å²) in [5, 5.41) is 10.6. The summed E-state index contributed by atoms with van der Waals surface area (Å²) in [4.78, 5) is 15.4. The smallest absolute Gasteiger partial charge is 0.337 e. The number of aromatic nitrogens is 2. The van der Waals surface area contributed by atoms with Crippen LogP contribution in [-0.4, -0.2) is 20.5 Å². The molecule has 0 fully saturated rings. The van der Waals surface area contributed by atoms with Gasteiger partial charge in [-0.2, -0.15) is 0 Å². The molecule has 0 amide bonds. The first-order valence-electron chi connectivity index (χ1n) is 8.36. The van der Waals surface area contributed by atoms with Crippen molar-refractivity contribution in [1.29, 1.82) is 0 Å². The Hall–Kier alpha value is -2.53. The summed E-state index contributed by atoms with van der Waals surface area (Å²) in [6.07, 6.45) is 3.82. The molecule has 0 saturated heterocycles. The van der Waals surface area contributed by atoms with Gasteiger partial charge in [0, 0.05) is 45.1 Å². The molecule has 1 aromatic carbocycles. The molecule has 0 atom stereocenters. The molecule has 0 aliphatic rings. The zero-order valence-electron chi connectivity index (χ0n) is 14.4. The SMILES string of the molecule is O=C(O)c1ccc(-c2cc(Cc3c(Cl)cc(Cl)cc3Cl)n3ccccc23)nc1. The number of carboxylic acid groups (broad SMARTS) is 1. The van der Waals surface area contributed by atoms with Crippen molar-refractivity contribution in [2.24, 2.45) is 0 Å². The standard InChI is InChI=1S/C21H13Cl3N2O2/c22-13-7-17(23)15(18(24)8-13)9-14-10-16(20-3-1-2-6-26(14)20)19-5-4-12(11-25-19)21(27)28/h1-8,10-11H,9H2,(H,27,28). The first-order valence-corrected chi connectivity index (χ1v) is 9.49. The summed E-state index contributed by atoms with van der Waals surface area (Å²) in [6, 6.07) is 14.5. The van der Waals surface area contributed by atoms with Crippen LogP contribution in [0.3, 0.4) is 0 Å². The van der Waals surface area contributed by atoms with Crippen LogP contribution in [0.4, 0.5) is 0 Å². The number of nitrogens with zero attached hydrogens (tertiary/aromatic N) is 2. The van der Waals surface area contributed by atoms with Gasteiger partial charge in [0.15, 0.2) is 0 Å². The van der Waals surface area contributed by atoms with Gasteiger partial charge in [-0.25, -0.2) is 4.79 Å². The monoisotopic (exact) mass is 430 g/mol. The third-order valence-corrected chi connectivity index (χ3v) is 5.40. The van der Waals surface area contributed by atoms with E-state index >= 15 is 0 Å². The molecule has 0 radical (unpaired) electrons. The number of carbonyl (C=O) groups is 1. The fourth-order valence-corrected chi connectivity index (χ4v) is 4.12. The van der Waals surface area contributed by atoms with Crippen molar-refractivity contribution < 1.29 is 9.90 Å². The van der Waals surface area contributed by atoms with Crippen LogP contribution in [0.5, 0.6) is 0 Å². The number of aromatic carboxylic acids is 1. The number of hydrogen-bond acceptors (Lipinski definition) is 2. The molecule has 3 heterocycles. The van der Waals surface area contributed by atoms with Crippen LogP contribution in [0.25, 0.3) is 16.8 Å². The number of pyridine rings is 2. The van der Waals surface area contributed by atoms with E-state index in [0.717, 1.165) is 22.3 Å². The fraction of sp³-hybridized carbons (Fsp3) is 0.0476. The van der Waals surface area contributed by atoms with E-state index in [2.05, 4.69) is 4.98 Å². The van der Waals surface area contributed by atoms with Crippen molar-refractivity contribution in [1.82, 2.24) is 9.38 Å². The van der Waals surface area contributed by atoms with E-state index in [-0.39, 0.29) is 5.56 Å². The molecular weight excluding hydrogens is 419 g/mol. The summed E-state index contributed by atoms with van der Waals surface area (Å²) < 4.78 is 2.05. The summed E-state index contributed by atoms with van der Waals surface area (Å²) in [5.74, 6) is -1.01. The molecule has 4 aromatic rings. The minimum atomic E-state index is -1.01. The zero-order valence-corrected chi connectivity index (χ0v) is 16.6. The molecule has 0 spiro atoms. The molecule has 1 N–H and O–H groups in total. The Labute approximate surface area is 175 Å².